The number of hydrogen-bond donors (Lipinski definition) is 1. The zero-order valence-electron chi connectivity index (χ0n) is 22.2. The van der Waals surface area contributed by atoms with Gasteiger partial charge in [0, 0.05) is 35.4 Å². The Labute approximate surface area is 233 Å². The molecule has 1 fully saturated rings. The number of thiazole rings is 1. The lowest BCUT2D eigenvalue weighted by Crippen LogP contribution is -2.39. The lowest BCUT2D eigenvalue weighted by molar-refractivity contribution is -0.118. The Morgan fingerprint density at radius 1 is 1.13 bits per heavy atom. The summed E-state index contributed by atoms with van der Waals surface area (Å²) in [5.74, 6) is 1.34. The van der Waals surface area contributed by atoms with Crippen molar-refractivity contribution in [1.82, 2.24) is 9.88 Å². The van der Waals surface area contributed by atoms with Crippen molar-refractivity contribution in [3.05, 3.63) is 69.7 Å². The number of nitrogens with one attached hydrogen (secondary N) is 1. The fraction of sp³-hybridized carbons (Fsp3) is 0.448. The second-order valence-corrected chi connectivity index (χ2v) is 11.8. The van der Waals surface area contributed by atoms with Crippen molar-refractivity contribution in [3.8, 4) is 11.5 Å². The average Bonchev–Trinajstić information content (AvgIpc) is 3.35. The fourth-order valence-electron chi connectivity index (χ4n) is 5.05. The minimum Gasteiger partial charge on any atom is -0.454 e. The third-order valence-corrected chi connectivity index (χ3v) is 8.56. The summed E-state index contributed by atoms with van der Waals surface area (Å²) in [5.41, 5.74) is 1.26. The maximum Gasteiger partial charge on any atom is 0.236 e. The van der Waals surface area contributed by atoms with Crippen LogP contribution in [0.5, 0.6) is 11.5 Å². The highest BCUT2D eigenvalue weighted by atomic mass is 35.5. The van der Waals surface area contributed by atoms with Crippen LogP contribution in [0.1, 0.15) is 62.6 Å². The highest BCUT2D eigenvalue weighted by molar-refractivity contribution is 7.15. The van der Waals surface area contributed by atoms with E-state index >= 15 is 0 Å². The standard InChI is InChI=1S/C29H34ClN3O4S/c1-18(2)33(19(3)4)13-14-35-26(21-7-5-6-8-22(21)30)25-16-31-28(38-25)32-27(34)29(11-12-29)20-9-10-23-24(15-20)37-17-36-23/h5-10,15-16,18-19,26H,11-14,17H2,1-4H3,(H,31,32,34). The first-order valence-corrected chi connectivity index (χ1v) is 14.3. The first kappa shape index (κ1) is 26.9. The number of anilines is 1. The Kier molecular flexibility index (Phi) is 7.95. The first-order valence-electron chi connectivity index (χ1n) is 13.1. The number of carbonyl (C=O) groups is 1. The second-order valence-electron chi connectivity index (χ2n) is 10.4. The minimum absolute atomic E-state index is 0.0583. The number of ether oxygens (including phenoxy) is 3. The molecular formula is C29H34ClN3O4S. The maximum absolute atomic E-state index is 13.4. The predicted molar refractivity (Wildman–Crippen MR) is 150 cm³/mol. The smallest absolute Gasteiger partial charge is 0.236 e. The van der Waals surface area contributed by atoms with Gasteiger partial charge >= 0.3 is 0 Å². The van der Waals surface area contributed by atoms with Gasteiger partial charge in [-0.1, -0.05) is 47.2 Å². The average molecular weight is 556 g/mol. The number of amides is 1. The fourth-order valence-corrected chi connectivity index (χ4v) is 6.16. The Bertz CT molecular complexity index is 1280. The van der Waals surface area contributed by atoms with E-state index in [9.17, 15) is 4.79 Å². The molecule has 3 aromatic rings. The number of carbonyl (C=O) groups excluding carboxylic acids is 1. The Balaban J connectivity index is 1.32. The molecule has 202 valence electrons. The van der Waals surface area contributed by atoms with Crippen LogP contribution in [-0.4, -0.2) is 47.8 Å². The van der Waals surface area contributed by atoms with Gasteiger partial charge in [0.2, 0.25) is 12.7 Å². The number of nitrogens with zero attached hydrogens (tertiary/aromatic N) is 2. The highest BCUT2D eigenvalue weighted by Crippen LogP contribution is 2.51. The Morgan fingerprint density at radius 3 is 2.58 bits per heavy atom. The summed E-state index contributed by atoms with van der Waals surface area (Å²) in [5, 5.41) is 4.24. The van der Waals surface area contributed by atoms with E-state index in [-0.39, 0.29) is 18.8 Å². The van der Waals surface area contributed by atoms with E-state index in [0.717, 1.165) is 35.4 Å². The summed E-state index contributed by atoms with van der Waals surface area (Å²) in [7, 11) is 0. The normalized spacial score (nSPS) is 16.3. The zero-order chi connectivity index (χ0) is 26.9. The lowest BCUT2D eigenvalue weighted by atomic mass is 9.94. The van der Waals surface area contributed by atoms with Crippen LogP contribution in [0.15, 0.2) is 48.7 Å². The molecule has 2 aliphatic rings. The van der Waals surface area contributed by atoms with Crippen molar-refractivity contribution in [1.29, 1.82) is 0 Å². The number of hydrogen-bond acceptors (Lipinski definition) is 7. The molecule has 0 radical (unpaired) electrons. The maximum atomic E-state index is 13.4. The molecule has 1 atom stereocenters. The summed E-state index contributed by atoms with van der Waals surface area (Å²) in [4.78, 5) is 21.2. The summed E-state index contributed by atoms with van der Waals surface area (Å²) >= 11 is 8.00. The van der Waals surface area contributed by atoms with Gasteiger partial charge in [0.05, 0.1) is 16.9 Å². The molecule has 1 aromatic heterocycles. The van der Waals surface area contributed by atoms with Gasteiger partial charge in [0.1, 0.15) is 6.10 Å². The molecule has 1 unspecified atom stereocenters. The van der Waals surface area contributed by atoms with Crippen molar-refractivity contribution in [2.75, 3.05) is 25.3 Å². The molecule has 2 heterocycles. The monoisotopic (exact) mass is 555 g/mol. The summed E-state index contributed by atoms with van der Waals surface area (Å²) in [6.07, 6.45) is 2.96. The quantitative estimate of drug-likeness (QED) is 0.294. The molecule has 1 aliphatic heterocycles. The first-order chi connectivity index (χ1) is 18.3. The predicted octanol–water partition coefficient (Wildman–Crippen LogP) is 6.42. The molecule has 7 nitrogen and oxygen atoms in total. The van der Waals surface area contributed by atoms with Gasteiger partial charge in [-0.15, -0.1) is 0 Å². The third-order valence-electron chi connectivity index (χ3n) is 7.26. The number of benzene rings is 2. The molecule has 1 saturated carbocycles. The van der Waals surface area contributed by atoms with Gasteiger partial charge in [-0.3, -0.25) is 9.69 Å². The molecule has 0 saturated heterocycles. The van der Waals surface area contributed by atoms with Crippen LogP contribution in [0, 0.1) is 0 Å². The van der Waals surface area contributed by atoms with Crippen LogP contribution < -0.4 is 14.8 Å². The molecule has 1 N–H and O–H groups in total. The molecule has 1 aliphatic carbocycles. The topological polar surface area (TPSA) is 72.9 Å². The van der Waals surface area contributed by atoms with Crippen molar-refractivity contribution in [2.45, 2.75) is 64.1 Å². The SMILES string of the molecule is CC(C)N(CCOC(c1cnc(NC(=O)C2(c3ccc4c(c3)OCO4)CC2)s1)c1ccccc1Cl)C(C)C. The van der Waals surface area contributed by atoms with Gasteiger partial charge in [0.25, 0.3) is 0 Å². The second kappa shape index (κ2) is 11.2. The van der Waals surface area contributed by atoms with Gasteiger partial charge in [0.15, 0.2) is 16.6 Å². The molecule has 2 aromatic carbocycles. The molecule has 0 bridgehead atoms. The van der Waals surface area contributed by atoms with Crippen LogP contribution in [0.3, 0.4) is 0 Å². The number of halogens is 1. The number of fused-ring (bicyclic) bond motifs is 1. The van der Waals surface area contributed by atoms with Crippen molar-refractivity contribution in [2.24, 2.45) is 0 Å². The summed E-state index contributed by atoms with van der Waals surface area (Å²) in [6.45, 7) is 10.3. The van der Waals surface area contributed by atoms with E-state index in [1.807, 2.05) is 42.5 Å². The van der Waals surface area contributed by atoms with E-state index < -0.39 is 5.41 Å². The van der Waals surface area contributed by atoms with E-state index in [1.165, 1.54) is 11.3 Å². The Hall–Kier alpha value is -2.65. The molecule has 0 spiro atoms. The highest BCUT2D eigenvalue weighted by Gasteiger charge is 2.52. The summed E-state index contributed by atoms with van der Waals surface area (Å²) in [6, 6.07) is 14.3. The van der Waals surface area contributed by atoms with Crippen molar-refractivity contribution >= 4 is 34.0 Å². The molecule has 5 rings (SSSR count). The van der Waals surface area contributed by atoms with Crippen LogP contribution >= 0.6 is 22.9 Å². The van der Waals surface area contributed by atoms with Crippen molar-refractivity contribution < 1.29 is 19.0 Å². The zero-order valence-corrected chi connectivity index (χ0v) is 23.8. The number of rotatable bonds is 11. The van der Waals surface area contributed by atoms with Crippen LogP contribution in [0.2, 0.25) is 5.02 Å². The number of aromatic nitrogens is 1. The Morgan fingerprint density at radius 2 is 1.87 bits per heavy atom. The van der Waals surface area contributed by atoms with Crippen molar-refractivity contribution in [3.63, 3.8) is 0 Å². The van der Waals surface area contributed by atoms with E-state index in [0.29, 0.717) is 40.3 Å². The van der Waals surface area contributed by atoms with E-state index in [4.69, 9.17) is 25.8 Å². The van der Waals surface area contributed by atoms with E-state index in [1.54, 1.807) is 6.20 Å². The van der Waals surface area contributed by atoms with Crippen LogP contribution in [0.25, 0.3) is 0 Å². The summed E-state index contributed by atoms with van der Waals surface area (Å²) < 4.78 is 17.4. The van der Waals surface area contributed by atoms with Gasteiger partial charge < -0.3 is 19.5 Å². The lowest BCUT2D eigenvalue weighted by Gasteiger charge is -2.31. The molecule has 1 amide bonds. The molecule has 9 heteroatoms. The van der Waals surface area contributed by atoms with Crippen LogP contribution in [0.4, 0.5) is 5.13 Å². The minimum atomic E-state index is -0.567. The van der Waals surface area contributed by atoms with Crippen LogP contribution in [-0.2, 0) is 14.9 Å². The van der Waals surface area contributed by atoms with Gasteiger partial charge in [-0.25, -0.2) is 4.98 Å². The largest absolute Gasteiger partial charge is 0.454 e. The van der Waals surface area contributed by atoms with Gasteiger partial charge in [-0.2, -0.15) is 0 Å². The molecular weight excluding hydrogens is 522 g/mol. The van der Waals surface area contributed by atoms with E-state index in [2.05, 4.69) is 42.9 Å². The molecule has 38 heavy (non-hydrogen) atoms. The van der Waals surface area contributed by atoms with Gasteiger partial charge in [-0.05, 0) is 64.3 Å². The third kappa shape index (κ3) is 5.54.